The van der Waals surface area contributed by atoms with E-state index in [2.05, 4.69) is 5.32 Å². The van der Waals surface area contributed by atoms with Crippen LogP contribution in [0, 0.1) is 10.1 Å². The highest BCUT2D eigenvalue weighted by Crippen LogP contribution is 2.17. The molecule has 1 amide bonds. The number of nitrogens with two attached hydrogens (primary N) is 1. The number of carbonyl (C=O) groups is 1. The van der Waals surface area contributed by atoms with Crippen LogP contribution < -0.4 is 11.1 Å². The van der Waals surface area contributed by atoms with E-state index in [-0.39, 0.29) is 11.6 Å². The summed E-state index contributed by atoms with van der Waals surface area (Å²) in [5.74, 6) is 0.622. The first-order chi connectivity index (χ1) is 9.56. The van der Waals surface area contributed by atoms with E-state index in [1.807, 2.05) is 6.26 Å². The van der Waals surface area contributed by atoms with Crippen molar-refractivity contribution in [2.24, 2.45) is 5.73 Å². The monoisotopic (exact) mass is 297 g/mol. The summed E-state index contributed by atoms with van der Waals surface area (Å²) >= 11 is 1.64. The van der Waals surface area contributed by atoms with Crippen molar-refractivity contribution in [3.63, 3.8) is 0 Å². The average Bonchev–Trinajstić information content (AvgIpc) is 2.44. The SMILES string of the molecule is CSCC[C@H](N)C(=O)NCCc1ccccc1[N+](=O)[O-]. The number of hydrogen-bond donors (Lipinski definition) is 2. The van der Waals surface area contributed by atoms with Gasteiger partial charge in [-0.1, -0.05) is 18.2 Å². The van der Waals surface area contributed by atoms with E-state index >= 15 is 0 Å². The number of carbonyl (C=O) groups excluding carboxylic acids is 1. The molecule has 0 saturated heterocycles. The van der Waals surface area contributed by atoms with Gasteiger partial charge < -0.3 is 11.1 Å². The molecule has 0 heterocycles. The number of amides is 1. The second-order valence-electron chi connectivity index (χ2n) is 4.31. The van der Waals surface area contributed by atoms with E-state index in [0.717, 1.165) is 5.75 Å². The zero-order valence-electron chi connectivity index (χ0n) is 11.4. The fourth-order valence-corrected chi connectivity index (χ4v) is 2.22. The predicted octanol–water partition coefficient (Wildman–Crippen LogP) is 1.33. The molecule has 0 aliphatic rings. The standard InChI is InChI=1S/C13H19N3O3S/c1-20-9-7-11(14)13(17)15-8-6-10-4-2-3-5-12(10)16(18)19/h2-5,11H,6-9,14H2,1H3,(H,15,17)/t11-/m0/s1. The lowest BCUT2D eigenvalue weighted by Gasteiger charge is -2.11. The van der Waals surface area contributed by atoms with Gasteiger partial charge in [-0.25, -0.2) is 0 Å². The van der Waals surface area contributed by atoms with Gasteiger partial charge in [0.2, 0.25) is 5.91 Å². The topological polar surface area (TPSA) is 98.3 Å². The van der Waals surface area contributed by atoms with Crippen LogP contribution in [0.3, 0.4) is 0 Å². The zero-order chi connectivity index (χ0) is 15.0. The van der Waals surface area contributed by atoms with E-state index in [4.69, 9.17) is 5.73 Å². The maximum absolute atomic E-state index is 11.7. The Bertz CT molecular complexity index is 468. The van der Waals surface area contributed by atoms with Gasteiger partial charge in [-0.3, -0.25) is 14.9 Å². The van der Waals surface area contributed by atoms with Crippen LogP contribution in [0.2, 0.25) is 0 Å². The lowest BCUT2D eigenvalue weighted by Crippen LogP contribution is -2.41. The summed E-state index contributed by atoms with van der Waals surface area (Å²) in [7, 11) is 0. The number of nitro groups is 1. The minimum Gasteiger partial charge on any atom is -0.354 e. The van der Waals surface area contributed by atoms with E-state index in [1.165, 1.54) is 6.07 Å². The molecule has 0 aliphatic carbocycles. The summed E-state index contributed by atoms with van der Waals surface area (Å²) in [6.45, 7) is 0.344. The second-order valence-corrected chi connectivity index (χ2v) is 5.30. The molecule has 0 bridgehead atoms. The van der Waals surface area contributed by atoms with Gasteiger partial charge in [0.05, 0.1) is 11.0 Å². The molecule has 0 fully saturated rings. The highest BCUT2D eigenvalue weighted by molar-refractivity contribution is 7.98. The van der Waals surface area contributed by atoms with Crippen LogP contribution in [0.15, 0.2) is 24.3 Å². The Morgan fingerprint density at radius 2 is 2.20 bits per heavy atom. The molecule has 3 N–H and O–H groups in total. The lowest BCUT2D eigenvalue weighted by atomic mass is 10.1. The van der Waals surface area contributed by atoms with Crippen LogP contribution in [0.1, 0.15) is 12.0 Å². The smallest absolute Gasteiger partial charge is 0.272 e. The van der Waals surface area contributed by atoms with E-state index in [0.29, 0.717) is 24.9 Å². The van der Waals surface area contributed by atoms with E-state index in [1.54, 1.807) is 30.0 Å². The molecule has 1 aromatic carbocycles. The molecule has 7 heteroatoms. The number of nitrogens with one attached hydrogen (secondary N) is 1. The van der Waals surface area contributed by atoms with Crippen molar-refractivity contribution < 1.29 is 9.72 Å². The van der Waals surface area contributed by atoms with Crippen LogP contribution in [-0.4, -0.2) is 35.4 Å². The van der Waals surface area contributed by atoms with Gasteiger partial charge in [-0.2, -0.15) is 11.8 Å². The third-order valence-electron chi connectivity index (χ3n) is 2.85. The van der Waals surface area contributed by atoms with Crippen molar-refractivity contribution in [3.05, 3.63) is 39.9 Å². The van der Waals surface area contributed by atoms with Gasteiger partial charge in [0.15, 0.2) is 0 Å². The number of hydrogen-bond acceptors (Lipinski definition) is 5. The van der Waals surface area contributed by atoms with Crippen molar-refractivity contribution in [2.45, 2.75) is 18.9 Å². The summed E-state index contributed by atoms with van der Waals surface area (Å²) in [5.41, 5.74) is 6.41. The first kappa shape index (κ1) is 16.5. The fourth-order valence-electron chi connectivity index (χ4n) is 1.73. The van der Waals surface area contributed by atoms with Gasteiger partial charge in [0.1, 0.15) is 0 Å². The maximum atomic E-state index is 11.7. The quantitative estimate of drug-likeness (QED) is 0.557. The number of benzene rings is 1. The molecule has 1 aromatic rings. The Hall–Kier alpha value is -1.60. The van der Waals surface area contributed by atoms with Crippen molar-refractivity contribution in [2.75, 3.05) is 18.6 Å². The van der Waals surface area contributed by atoms with Crippen molar-refractivity contribution in [1.29, 1.82) is 0 Å². The molecule has 1 rings (SSSR count). The predicted molar refractivity (Wildman–Crippen MR) is 80.8 cm³/mol. The molecule has 1 atom stereocenters. The minimum absolute atomic E-state index is 0.0773. The lowest BCUT2D eigenvalue weighted by molar-refractivity contribution is -0.385. The third kappa shape index (κ3) is 5.18. The largest absolute Gasteiger partial charge is 0.354 e. The van der Waals surface area contributed by atoms with Gasteiger partial charge in [-0.05, 0) is 24.9 Å². The Labute approximate surface area is 122 Å². The van der Waals surface area contributed by atoms with E-state index < -0.39 is 11.0 Å². The Morgan fingerprint density at radius 1 is 1.50 bits per heavy atom. The van der Waals surface area contributed by atoms with Gasteiger partial charge in [-0.15, -0.1) is 0 Å². The van der Waals surface area contributed by atoms with E-state index in [9.17, 15) is 14.9 Å². The Kier molecular flexibility index (Phi) is 7.03. The fraction of sp³-hybridized carbons (Fsp3) is 0.462. The number of para-hydroxylation sites is 1. The molecular weight excluding hydrogens is 278 g/mol. The van der Waals surface area contributed by atoms with Crippen LogP contribution in [-0.2, 0) is 11.2 Å². The molecule has 0 spiro atoms. The highest BCUT2D eigenvalue weighted by Gasteiger charge is 2.14. The maximum Gasteiger partial charge on any atom is 0.272 e. The van der Waals surface area contributed by atoms with Crippen LogP contribution in [0.4, 0.5) is 5.69 Å². The molecular formula is C13H19N3O3S. The molecule has 110 valence electrons. The molecule has 0 aromatic heterocycles. The number of rotatable bonds is 8. The number of nitro benzene ring substituents is 1. The summed E-state index contributed by atoms with van der Waals surface area (Å²) in [6, 6.07) is 6.00. The average molecular weight is 297 g/mol. The first-order valence-corrected chi connectivity index (χ1v) is 7.70. The molecule has 0 saturated carbocycles. The third-order valence-corrected chi connectivity index (χ3v) is 3.50. The van der Waals surface area contributed by atoms with Gasteiger partial charge in [0, 0.05) is 18.2 Å². The second kappa shape index (κ2) is 8.55. The highest BCUT2D eigenvalue weighted by atomic mass is 32.2. The molecule has 0 aliphatic heterocycles. The molecule has 0 radical (unpaired) electrons. The number of nitrogens with zero attached hydrogens (tertiary/aromatic N) is 1. The molecule has 20 heavy (non-hydrogen) atoms. The van der Waals surface area contributed by atoms with Crippen LogP contribution >= 0.6 is 11.8 Å². The van der Waals surface area contributed by atoms with Crippen molar-refractivity contribution in [1.82, 2.24) is 5.32 Å². The molecule has 6 nitrogen and oxygen atoms in total. The van der Waals surface area contributed by atoms with Gasteiger partial charge in [0.25, 0.3) is 5.69 Å². The summed E-state index contributed by atoms with van der Waals surface area (Å²) in [6.07, 6.45) is 3.00. The van der Waals surface area contributed by atoms with Crippen molar-refractivity contribution in [3.8, 4) is 0 Å². The van der Waals surface area contributed by atoms with Crippen LogP contribution in [0.25, 0.3) is 0 Å². The summed E-state index contributed by atoms with van der Waals surface area (Å²) < 4.78 is 0. The summed E-state index contributed by atoms with van der Waals surface area (Å²) in [5, 5.41) is 13.6. The zero-order valence-corrected chi connectivity index (χ0v) is 12.2. The van der Waals surface area contributed by atoms with Crippen LogP contribution in [0.5, 0.6) is 0 Å². The normalized spacial score (nSPS) is 11.9. The van der Waals surface area contributed by atoms with Gasteiger partial charge >= 0.3 is 0 Å². The van der Waals surface area contributed by atoms with Crippen molar-refractivity contribution >= 4 is 23.4 Å². The minimum atomic E-state index is -0.520. The molecule has 0 unspecified atom stereocenters. The Morgan fingerprint density at radius 3 is 2.85 bits per heavy atom. The summed E-state index contributed by atoms with van der Waals surface area (Å²) in [4.78, 5) is 22.1. The Balaban J connectivity index is 2.45. The number of thioether (sulfide) groups is 1. The first-order valence-electron chi connectivity index (χ1n) is 6.30.